The molecule has 0 atom stereocenters. The Morgan fingerprint density at radius 2 is 2.00 bits per heavy atom. The Balaban J connectivity index is 2.17. The first kappa shape index (κ1) is 14.8. The molecule has 20 heavy (non-hydrogen) atoms. The highest BCUT2D eigenvalue weighted by atomic mass is 79.9. The Hall–Kier alpha value is -1.57. The van der Waals surface area contributed by atoms with Crippen molar-refractivity contribution in [3.8, 4) is 0 Å². The van der Waals surface area contributed by atoms with E-state index in [1.54, 1.807) is 4.90 Å². The summed E-state index contributed by atoms with van der Waals surface area (Å²) in [5, 5.41) is 0. The summed E-state index contributed by atoms with van der Waals surface area (Å²) in [5.74, 6) is 0.0189. The van der Waals surface area contributed by atoms with Crippen LogP contribution in [0.2, 0.25) is 0 Å². The second-order valence-electron chi connectivity index (χ2n) is 5.59. The third kappa shape index (κ3) is 2.95. The van der Waals surface area contributed by atoms with Crippen molar-refractivity contribution in [3.63, 3.8) is 0 Å². The molecule has 2 rings (SSSR count). The van der Waals surface area contributed by atoms with E-state index in [9.17, 15) is 9.59 Å². The number of aromatic nitrogens is 2. The molecule has 1 aliphatic rings. The molecule has 2 heterocycles. The SMILES string of the molecule is CC(C)(C)OC(=O)N1CCn2c(nc(C(N)=O)c2Br)C1. The summed E-state index contributed by atoms with van der Waals surface area (Å²) in [6.45, 7) is 6.78. The Kier molecular flexibility index (Phi) is 3.77. The third-order valence-electron chi connectivity index (χ3n) is 2.80. The lowest BCUT2D eigenvalue weighted by molar-refractivity contribution is 0.0194. The predicted octanol–water partition coefficient (Wildman–Crippen LogP) is 1.50. The second-order valence-corrected chi connectivity index (χ2v) is 6.34. The fourth-order valence-electron chi connectivity index (χ4n) is 1.93. The lowest BCUT2D eigenvalue weighted by atomic mass is 10.2. The van der Waals surface area contributed by atoms with Crippen LogP contribution in [-0.4, -0.2) is 38.6 Å². The van der Waals surface area contributed by atoms with Crippen molar-refractivity contribution < 1.29 is 14.3 Å². The molecule has 0 spiro atoms. The van der Waals surface area contributed by atoms with Gasteiger partial charge in [0.25, 0.3) is 5.91 Å². The zero-order valence-corrected chi connectivity index (χ0v) is 13.2. The van der Waals surface area contributed by atoms with Crippen molar-refractivity contribution in [2.45, 2.75) is 39.5 Å². The van der Waals surface area contributed by atoms with Gasteiger partial charge in [-0.05, 0) is 36.7 Å². The van der Waals surface area contributed by atoms with Gasteiger partial charge in [0.2, 0.25) is 0 Å². The quantitative estimate of drug-likeness (QED) is 0.835. The minimum absolute atomic E-state index is 0.186. The number of amides is 2. The van der Waals surface area contributed by atoms with E-state index in [2.05, 4.69) is 20.9 Å². The highest BCUT2D eigenvalue weighted by Crippen LogP contribution is 2.23. The van der Waals surface area contributed by atoms with E-state index in [0.717, 1.165) is 0 Å². The molecule has 0 aliphatic carbocycles. The molecule has 0 radical (unpaired) electrons. The standard InChI is InChI=1S/C12H17BrN4O3/c1-12(2,3)20-11(19)16-4-5-17-7(6-16)15-8(9(17)13)10(14)18/h4-6H2,1-3H3,(H2,14,18). The van der Waals surface area contributed by atoms with Crippen LogP contribution < -0.4 is 5.73 Å². The maximum atomic E-state index is 12.0. The second kappa shape index (κ2) is 5.08. The van der Waals surface area contributed by atoms with Gasteiger partial charge in [-0.15, -0.1) is 0 Å². The molecule has 2 N–H and O–H groups in total. The first-order valence-corrected chi connectivity index (χ1v) is 7.01. The molecule has 0 fully saturated rings. The number of imidazole rings is 1. The number of nitrogens with zero attached hydrogens (tertiary/aromatic N) is 3. The highest BCUT2D eigenvalue weighted by Gasteiger charge is 2.29. The van der Waals surface area contributed by atoms with E-state index in [1.807, 2.05) is 25.3 Å². The summed E-state index contributed by atoms with van der Waals surface area (Å²) in [4.78, 5) is 29.0. The van der Waals surface area contributed by atoms with Crippen molar-refractivity contribution >= 4 is 27.9 Å². The normalized spacial score (nSPS) is 14.9. The number of halogens is 1. The Bertz CT molecular complexity index is 562. The van der Waals surface area contributed by atoms with E-state index in [4.69, 9.17) is 10.5 Å². The number of rotatable bonds is 1. The number of carbonyl (C=O) groups is 2. The summed E-state index contributed by atoms with van der Waals surface area (Å²) < 4.78 is 7.72. The number of carbonyl (C=O) groups excluding carboxylic acids is 2. The summed E-state index contributed by atoms with van der Waals surface area (Å²) in [7, 11) is 0. The number of nitrogens with two attached hydrogens (primary N) is 1. The summed E-state index contributed by atoms with van der Waals surface area (Å²) in [6, 6.07) is 0. The van der Waals surface area contributed by atoms with Gasteiger partial charge in [-0.25, -0.2) is 9.78 Å². The van der Waals surface area contributed by atoms with Gasteiger partial charge in [-0.2, -0.15) is 0 Å². The largest absolute Gasteiger partial charge is 0.444 e. The monoisotopic (exact) mass is 344 g/mol. The van der Waals surface area contributed by atoms with Crippen LogP contribution >= 0.6 is 15.9 Å². The molecular weight excluding hydrogens is 328 g/mol. The minimum atomic E-state index is -0.595. The molecular formula is C12H17BrN4O3. The van der Waals surface area contributed by atoms with Crippen molar-refractivity contribution in [1.82, 2.24) is 14.5 Å². The highest BCUT2D eigenvalue weighted by molar-refractivity contribution is 9.10. The van der Waals surface area contributed by atoms with Gasteiger partial charge >= 0.3 is 6.09 Å². The van der Waals surface area contributed by atoms with Crippen LogP contribution in [0.4, 0.5) is 4.79 Å². The van der Waals surface area contributed by atoms with Crippen LogP contribution in [0, 0.1) is 0 Å². The summed E-state index contributed by atoms with van der Waals surface area (Å²) in [5.41, 5.74) is 4.90. The van der Waals surface area contributed by atoms with Gasteiger partial charge in [0.15, 0.2) is 5.69 Å². The fourth-order valence-corrected chi connectivity index (χ4v) is 2.60. The van der Waals surface area contributed by atoms with E-state index < -0.39 is 11.5 Å². The van der Waals surface area contributed by atoms with E-state index in [0.29, 0.717) is 30.1 Å². The molecule has 0 saturated heterocycles. The van der Waals surface area contributed by atoms with Crippen LogP contribution in [0.15, 0.2) is 4.60 Å². The minimum Gasteiger partial charge on any atom is -0.444 e. The van der Waals surface area contributed by atoms with Gasteiger partial charge < -0.3 is 15.0 Å². The van der Waals surface area contributed by atoms with E-state index in [-0.39, 0.29) is 11.8 Å². The zero-order chi connectivity index (χ0) is 15.1. The number of hydrogen-bond donors (Lipinski definition) is 1. The first-order chi connectivity index (χ1) is 9.19. The molecule has 110 valence electrons. The molecule has 1 aliphatic heterocycles. The molecule has 7 nitrogen and oxygen atoms in total. The van der Waals surface area contributed by atoms with Gasteiger partial charge in [-0.1, -0.05) is 0 Å². The van der Waals surface area contributed by atoms with Gasteiger partial charge in [0, 0.05) is 13.1 Å². The number of primary amides is 1. The lowest BCUT2D eigenvalue weighted by Crippen LogP contribution is -2.41. The Labute approximate surface area is 125 Å². The van der Waals surface area contributed by atoms with Crippen LogP contribution in [0.5, 0.6) is 0 Å². The maximum absolute atomic E-state index is 12.0. The van der Waals surface area contributed by atoms with Crippen LogP contribution in [0.1, 0.15) is 37.1 Å². The zero-order valence-electron chi connectivity index (χ0n) is 11.6. The molecule has 0 saturated carbocycles. The summed E-state index contributed by atoms with van der Waals surface area (Å²) in [6.07, 6.45) is -0.386. The molecule has 1 aromatic rings. The molecule has 0 bridgehead atoms. The van der Waals surface area contributed by atoms with Gasteiger partial charge in [-0.3, -0.25) is 9.69 Å². The molecule has 1 aromatic heterocycles. The summed E-state index contributed by atoms with van der Waals surface area (Å²) >= 11 is 3.31. The Morgan fingerprint density at radius 3 is 2.55 bits per heavy atom. The topological polar surface area (TPSA) is 90.4 Å². The number of hydrogen-bond acceptors (Lipinski definition) is 4. The lowest BCUT2D eigenvalue weighted by Gasteiger charge is -2.30. The van der Waals surface area contributed by atoms with Crippen molar-refractivity contribution in [3.05, 3.63) is 16.1 Å². The van der Waals surface area contributed by atoms with Crippen LogP contribution in [0.3, 0.4) is 0 Å². The number of ether oxygens (including phenoxy) is 1. The predicted molar refractivity (Wildman–Crippen MR) is 75.1 cm³/mol. The smallest absolute Gasteiger partial charge is 0.410 e. The maximum Gasteiger partial charge on any atom is 0.410 e. The van der Waals surface area contributed by atoms with Crippen LogP contribution in [-0.2, 0) is 17.8 Å². The van der Waals surface area contributed by atoms with Gasteiger partial charge in [0.05, 0.1) is 6.54 Å². The average molecular weight is 345 g/mol. The van der Waals surface area contributed by atoms with E-state index in [1.165, 1.54) is 0 Å². The van der Waals surface area contributed by atoms with Crippen molar-refractivity contribution in [1.29, 1.82) is 0 Å². The fraction of sp³-hybridized carbons (Fsp3) is 0.583. The molecule has 0 unspecified atom stereocenters. The Morgan fingerprint density at radius 1 is 1.35 bits per heavy atom. The third-order valence-corrected chi connectivity index (χ3v) is 3.60. The van der Waals surface area contributed by atoms with Crippen molar-refractivity contribution in [2.75, 3.05) is 6.54 Å². The van der Waals surface area contributed by atoms with Gasteiger partial charge in [0.1, 0.15) is 16.0 Å². The van der Waals surface area contributed by atoms with Crippen LogP contribution in [0.25, 0.3) is 0 Å². The molecule has 8 heteroatoms. The number of fused-ring (bicyclic) bond motifs is 1. The molecule has 2 amide bonds. The van der Waals surface area contributed by atoms with Crippen molar-refractivity contribution in [2.24, 2.45) is 5.73 Å². The first-order valence-electron chi connectivity index (χ1n) is 6.21. The van der Waals surface area contributed by atoms with E-state index >= 15 is 0 Å². The average Bonchev–Trinajstić information content (AvgIpc) is 2.64. The molecule has 0 aromatic carbocycles.